The molecule has 1 aromatic heterocycles. The molecule has 1 unspecified atom stereocenters. The second-order valence-electron chi connectivity index (χ2n) is 4.00. The van der Waals surface area contributed by atoms with E-state index in [4.69, 9.17) is 5.73 Å². The lowest BCUT2D eigenvalue weighted by Crippen LogP contribution is -2.43. The second-order valence-corrected chi connectivity index (χ2v) is 4.81. The van der Waals surface area contributed by atoms with Crippen LogP contribution < -0.4 is 5.73 Å². The molecule has 16 heavy (non-hydrogen) atoms. The van der Waals surface area contributed by atoms with Gasteiger partial charge in [0.2, 0.25) is 0 Å². The number of hydrogen-bond acceptors (Lipinski definition) is 4. The molecule has 1 fully saturated rings. The Hall–Kier alpha value is -0.940. The summed E-state index contributed by atoms with van der Waals surface area (Å²) in [6.45, 7) is 0. The van der Waals surface area contributed by atoms with Gasteiger partial charge in [-0.15, -0.1) is 0 Å². The molecule has 0 spiro atoms. The number of carbonyl (C=O) groups is 1. The van der Waals surface area contributed by atoms with Crippen molar-refractivity contribution in [1.82, 2.24) is 4.98 Å². The average molecular weight is 285 g/mol. The Bertz CT molecular complexity index is 418. The fourth-order valence-electron chi connectivity index (χ4n) is 1.90. The number of methoxy groups -OCH3 is 1. The number of esters is 1. The van der Waals surface area contributed by atoms with Crippen LogP contribution in [-0.2, 0) is 14.9 Å². The van der Waals surface area contributed by atoms with Crippen molar-refractivity contribution in [3.63, 3.8) is 0 Å². The number of rotatable bonds is 3. The molecule has 86 valence electrons. The Morgan fingerprint density at radius 1 is 1.62 bits per heavy atom. The molecule has 1 heterocycles. The van der Waals surface area contributed by atoms with E-state index in [1.54, 1.807) is 0 Å². The molecule has 1 atom stereocenters. The van der Waals surface area contributed by atoms with Gasteiger partial charge < -0.3 is 10.5 Å². The molecule has 5 heteroatoms. The van der Waals surface area contributed by atoms with Crippen LogP contribution in [0.25, 0.3) is 0 Å². The first-order chi connectivity index (χ1) is 7.60. The minimum absolute atomic E-state index is 0.323. The third-order valence-corrected chi connectivity index (χ3v) is 3.51. The zero-order valence-electron chi connectivity index (χ0n) is 8.94. The number of pyridine rings is 1. The van der Waals surface area contributed by atoms with Gasteiger partial charge in [-0.1, -0.05) is 6.07 Å². The third-order valence-electron chi connectivity index (χ3n) is 3.06. The number of ether oxygens (including phenoxy) is 1. The highest BCUT2D eigenvalue weighted by Gasteiger charge is 2.53. The SMILES string of the molecule is COC(=O)C(N)C1(c2cccc(Br)n2)CC1. The Kier molecular flexibility index (Phi) is 2.99. The van der Waals surface area contributed by atoms with Gasteiger partial charge in [-0.2, -0.15) is 0 Å². The molecule has 0 aliphatic heterocycles. The van der Waals surface area contributed by atoms with E-state index in [2.05, 4.69) is 25.7 Å². The predicted octanol–water partition coefficient (Wildman–Crippen LogP) is 1.38. The zero-order valence-corrected chi connectivity index (χ0v) is 10.5. The summed E-state index contributed by atoms with van der Waals surface area (Å²) in [6.07, 6.45) is 1.76. The van der Waals surface area contributed by atoms with Gasteiger partial charge in [0.15, 0.2) is 0 Å². The molecular formula is C11H13BrN2O2. The lowest BCUT2D eigenvalue weighted by Gasteiger charge is -2.20. The quantitative estimate of drug-likeness (QED) is 0.673. The van der Waals surface area contributed by atoms with Gasteiger partial charge in [-0.25, -0.2) is 4.98 Å². The first-order valence-corrected chi connectivity index (χ1v) is 5.86. The highest BCUT2D eigenvalue weighted by Crippen LogP contribution is 2.49. The van der Waals surface area contributed by atoms with Crippen LogP contribution in [0.3, 0.4) is 0 Å². The number of carbonyl (C=O) groups excluding carboxylic acids is 1. The van der Waals surface area contributed by atoms with Crippen molar-refractivity contribution in [3.05, 3.63) is 28.5 Å². The number of nitrogens with zero attached hydrogens (tertiary/aromatic N) is 1. The summed E-state index contributed by atoms with van der Waals surface area (Å²) < 4.78 is 5.44. The van der Waals surface area contributed by atoms with Gasteiger partial charge in [0, 0.05) is 5.41 Å². The number of nitrogens with two attached hydrogens (primary N) is 1. The maximum absolute atomic E-state index is 11.5. The van der Waals surface area contributed by atoms with E-state index in [9.17, 15) is 4.79 Å². The Labute approximate surface area is 102 Å². The molecule has 2 N–H and O–H groups in total. The average Bonchev–Trinajstić information content (AvgIpc) is 3.08. The van der Waals surface area contributed by atoms with E-state index in [1.165, 1.54) is 7.11 Å². The Balaban J connectivity index is 2.29. The van der Waals surface area contributed by atoms with Crippen LogP contribution in [-0.4, -0.2) is 24.1 Å². The topological polar surface area (TPSA) is 65.2 Å². The van der Waals surface area contributed by atoms with Crippen LogP contribution in [0.5, 0.6) is 0 Å². The predicted molar refractivity (Wildman–Crippen MR) is 62.8 cm³/mol. The summed E-state index contributed by atoms with van der Waals surface area (Å²) in [5.41, 5.74) is 6.46. The zero-order chi connectivity index (χ0) is 11.8. The third kappa shape index (κ3) is 1.85. The number of aromatic nitrogens is 1. The van der Waals surface area contributed by atoms with E-state index in [1.807, 2.05) is 18.2 Å². The summed E-state index contributed by atoms with van der Waals surface area (Å²) in [5.74, 6) is -0.376. The van der Waals surface area contributed by atoms with Crippen LogP contribution >= 0.6 is 15.9 Å². The summed E-state index contributed by atoms with van der Waals surface area (Å²) in [5, 5.41) is 0. The van der Waals surface area contributed by atoms with Crippen molar-refractivity contribution in [3.8, 4) is 0 Å². The van der Waals surface area contributed by atoms with Crippen molar-refractivity contribution >= 4 is 21.9 Å². The van der Waals surface area contributed by atoms with Gasteiger partial charge >= 0.3 is 5.97 Å². The van der Waals surface area contributed by atoms with Gasteiger partial charge in [-0.3, -0.25) is 4.79 Å². The van der Waals surface area contributed by atoms with E-state index in [0.29, 0.717) is 0 Å². The lowest BCUT2D eigenvalue weighted by molar-refractivity contribution is -0.143. The van der Waals surface area contributed by atoms with Crippen LogP contribution in [0.4, 0.5) is 0 Å². The molecule has 1 aliphatic rings. The van der Waals surface area contributed by atoms with Crippen LogP contribution in [0.2, 0.25) is 0 Å². The fourth-order valence-corrected chi connectivity index (χ4v) is 2.24. The second kappa shape index (κ2) is 4.14. The lowest BCUT2D eigenvalue weighted by atomic mass is 9.92. The first-order valence-electron chi connectivity index (χ1n) is 5.06. The number of hydrogen-bond donors (Lipinski definition) is 1. The first kappa shape index (κ1) is 11.5. The molecule has 1 aliphatic carbocycles. The Morgan fingerprint density at radius 3 is 2.81 bits per heavy atom. The summed E-state index contributed by atoms with van der Waals surface area (Å²) in [6, 6.07) is 5.03. The normalized spacial score (nSPS) is 18.9. The fraction of sp³-hybridized carbons (Fsp3) is 0.455. The molecule has 1 aromatic rings. The maximum atomic E-state index is 11.5. The van der Waals surface area contributed by atoms with Crippen LogP contribution in [0, 0.1) is 0 Å². The van der Waals surface area contributed by atoms with E-state index in [-0.39, 0.29) is 11.4 Å². The Morgan fingerprint density at radius 2 is 2.31 bits per heavy atom. The van der Waals surface area contributed by atoms with Crippen LogP contribution in [0.15, 0.2) is 22.8 Å². The molecule has 0 saturated heterocycles. The van der Waals surface area contributed by atoms with Crippen molar-refractivity contribution in [2.75, 3.05) is 7.11 Å². The van der Waals surface area contributed by atoms with Gasteiger partial charge in [0.25, 0.3) is 0 Å². The van der Waals surface area contributed by atoms with Crippen molar-refractivity contribution in [2.24, 2.45) is 5.73 Å². The molecule has 1 saturated carbocycles. The highest BCUT2D eigenvalue weighted by molar-refractivity contribution is 9.10. The van der Waals surface area contributed by atoms with Gasteiger partial charge in [-0.05, 0) is 40.9 Å². The van der Waals surface area contributed by atoms with Crippen molar-refractivity contribution < 1.29 is 9.53 Å². The maximum Gasteiger partial charge on any atom is 0.323 e. The molecular weight excluding hydrogens is 272 g/mol. The smallest absolute Gasteiger partial charge is 0.323 e. The minimum Gasteiger partial charge on any atom is -0.468 e. The van der Waals surface area contributed by atoms with Crippen molar-refractivity contribution in [1.29, 1.82) is 0 Å². The standard InChI is InChI=1S/C11H13BrN2O2/c1-16-10(15)9(13)11(5-6-11)7-3-2-4-8(12)14-7/h2-4,9H,5-6,13H2,1H3. The van der Waals surface area contributed by atoms with Gasteiger partial charge in [0.05, 0.1) is 12.8 Å². The molecule has 4 nitrogen and oxygen atoms in total. The molecule has 0 aromatic carbocycles. The summed E-state index contributed by atoms with van der Waals surface area (Å²) in [7, 11) is 1.35. The summed E-state index contributed by atoms with van der Waals surface area (Å²) >= 11 is 3.32. The monoisotopic (exact) mass is 284 g/mol. The van der Waals surface area contributed by atoms with E-state index < -0.39 is 6.04 Å². The van der Waals surface area contributed by atoms with E-state index >= 15 is 0 Å². The summed E-state index contributed by atoms with van der Waals surface area (Å²) in [4.78, 5) is 15.8. The molecule has 0 amide bonds. The number of halogens is 1. The van der Waals surface area contributed by atoms with E-state index in [0.717, 1.165) is 23.1 Å². The van der Waals surface area contributed by atoms with Crippen LogP contribution in [0.1, 0.15) is 18.5 Å². The highest BCUT2D eigenvalue weighted by atomic mass is 79.9. The minimum atomic E-state index is -0.626. The largest absolute Gasteiger partial charge is 0.468 e. The van der Waals surface area contributed by atoms with Gasteiger partial charge in [0.1, 0.15) is 10.6 Å². The molecule has 2 rings (SSSR count). The van der Waals surface area contributed by atoms with Crippen molar-refractivity contribution in [2.45, 2.75) is 24.3 Å². The molecule has 0 radical (unpaired) electrons. The molecule has 0 bridgehead atoms.